The molecule has 1 amide bonds. The van der Waals surface area contributed by atoms with Crippen molar-refractivity contribution in [2.75, 3.05) is 12.4 Å². The van der Waals surface area contributed by atoms with E-state index in [0.29, 0.717) is 0 Å². The fourth-order valence-corrected chi connectivity index (χ4v) is 4.69. The molecule has 0 atom stereocenters. The third-order valence-corrected chi connectivity index (χ3v) is 6.47. The number of benzene rings is 1. The van der Waals surface area contributed by atoms with E-state index in [1.54, 1.807) is 6.07 Å². The molecule has 0 bridgehead atoms. The Labute approximate surface area is 156 Å². The van der Waals surface area contributed by atoms with Gasteiger partial charge in [0.1, 0.15) is 27.1 Å². The third kappa shape index (κ3) is 3.55. The topological polar surface area (TPSA) is 104 Å². The minimum atomic E-state index is -3.91. The van der Waals surface area contributed by atoms with Crippen LogP contribution in [-0.2, 0) is 17.1 Å². The van der Waals surface area contributed by atoms with Crippen LogP contribution >= 0.6 is 27.5 Å². The van der Waals surface area contributed by atoms with Crippen LogP contribution in [0, 0.1) is 17.1 Å². The molecule has 7 nitrogen and oxygen atoms in total. The summed E-state index contributed by atoms with van der Waals surface area (Å²) in [5.41, 5.74) is -0.199. The Morgan fingerprint density at radius 2 is 2.08 bits per heavy atom. The number of nitrogens with one attached hydrogen (secondary N) is 2. The number of rotatable bonds is 4. The molecule has 2 aromatic rings. The summed E-state index contributed by atoms with van der Waals surface area (Å²) in [7, 11) is -1.24. The van der Waals surface area contributed by atoms with Gasteiger partial charge in [-0.25, -0.2) is 17.5 Å². The van der Waals surface area contributed by atoms with Crippen molar-refractivity contribution >= 4 is 49.1 Å². The number of hydrogen-bond donors (Lipinski definition) is 2. The van der Waals surface area contributed by atoms with Crippen LogP contribution in [0.4, 0.5) is 10.1 Å². The SMILES string of the molecule is CNS(=O)(=O)c1c(Cl)c(C(=O)Nc2ccc(F)c(C#N)c2)n(C)c1Br. The summed E-state index contributed by atoms with van der Waals surface area (Å²) in [4.78, 5) is 12.2. The maximum atomic E-state index is 13.3. The predicted molar refractivity (Wildman–Crippen MR) is 93.4 cm³/mol. The van der Waals surface area contributed by atoms with E-state index in [2.05, 4.69) is 26.0 Å². The van der Waals surface area contributed by atoms with Crippen LogP contribution in [0.3, 0.4) is 0 Å². The predicted octanol–water partition coefficient (Wildman–Crippen LogP) is 2.61. The molecular formula is C14H11BrClFN4O3S. The maximum Gasteiger partial charge on any atom is 0.273 e. The third-order valence-electron chi connectivity index (χ3n) is 3.32. The van der Waals surface area contributed by atoms with Crippen LogP contribution in [0.1, 0.15) is 16.1 Å². The second-order valence-corrected chi connectivity index (χ2v) is 7.76. The molecule has 25 heavy (non-hydrogen) atoms. The van der Waals surface area contributed by atoms with Crippen LogP contribution < -0.4 is 10.0 Å². The molecule has 2 rings (SSSR count). The summed E-state index contributed by atoms with van der Waals surface area (Å²) in [5, 5.41) is 11.0. The molecule has 0 aliphatic carbocycles. The molecule has 2 N–H and O–H groups in total. The van der Waals surface area contributed by atoms with Gasteiger partial charge >= 0.3 is 0 Å². The number of hydrogen-bond acceptors (Lipinski definition) is 4. The number of anilines is 1. The van der Waals surface area contributed by atoms with E-state index in [4.69, 9.17) is 16.9 Å². The van der Waals surface area contributed by atoms with Gasteiger partial charge in [-0.05, 0) is 41.2 Å². The zero-order valence-electron chi connectivity index (χ0n) is 12.9. The molecule has 0 aliphatic rings. The molecule has 1 heterocycles. The maximum absolute atomic E-state index is 13.3. The summed E-state index contributed by atoms with van der Waals surface area (Å²) in [6, 6.07) is 5.12. The second kappa shape index (κ2) is 7.13. The molecule has 0 radical (unpaired) electrons. The molecule has 0 unspecified atom stereocenters. The highest BCUT2D eigenvalue weighted by molar-refractivity contribution is 9.10. The van der Waals surface area contributed by atoms with Gasteiger partial charge in [0.05, 0.1) is 10.6 Å². The highest BCUT2D eigenvalue weighted by Gasteiger charge is 2.30. The standard InChI is InChI=1S/C14H11BrClFN4O3S/c1-19-25(23,24)12-10(16)11(21(2)13(12)15)14(22)20-8-3-4-9(17)7(5-8)6-18/h3-5,19H,1-2H3,(H,20,22). The summed E-state index contributed by atoms with van der Waals surface area (Å²) in [5.74, 6) is -1.44. The summed E-state index contributed by atoms with van der Waals surface area (Å²) in [6.45, 7) is 0. The monoisotopic (exact) mass is 448 g/mol. The molecule has 132 valence electrons. The van der Waals surface area contributed by atoms with Crippen LogP contribution in [0.15, 0.2) is 27.7 Å². The minimum absolute atomic E-state index is 0.0915. The number of carbonyl (C=O) groups excluding carboxylic acids is 1. The van der Waals surface area contributed by atoms with Gasteiger partial charge in [-0.3, -0.25) is 4.79 Å². The molecule has 11 heteroatoms. The van der Waals surface area contributed by atoms with E-state index in [0.717, 1.165) is 12.1 Å². The van der Waals surface area contributed by atoms with Gasteiger partial charge in [0.25, 0.3) is 5.91 Å². The van der Waals surface area contributed by atoms with Gasteiger partial charge < -0.3 is 9.88 Å². The normalized spacial score (nSPS) is 11.2. The van der Waals surface area contributed by atoms with Gasteiger partial charge in [-0.15, -0.1) is 0 Å². The van der Waals surface area contributed by atoms with E-state index in [1.165, 1.54) is 24.7 Å². The van der Waals surface area contributed by atoms with E-state index >= 15 is 0 Å². The molecule has 0 aliphatic heterocycles. The van der Waals surface area contributed by atoms with Crippen LogP contribution in [-0.4, -0.2) is 25.9 Å². The highest BCUT2D eigenvalue weighted by atomic mass is 79.9. The Bertz CT molecular complexity index is 1010. The summed E-state index contributed by atoms with van der Waals surface area (Å²) in [6.07, 6.45) is 0. The molecule has 1 aromatic heterocycles. The van der Waals surface area contributed by atoms with Gasteiger partial charge in [-0.2, -0.15) is 5.26 Å². The number of aromatic nitrogens is 1. The Morgan fingerprint density at radius 3 is 2.64 bits per heavy atom. The average molecular weight is 450 g/mol. The second-order valence-electron chi connectivity index (χ2n) is 4.81. The lowest BCUT2D eigenvalue weighted by molar-refractivity contribution is 0.101. The lowest BCUT2D eigenvalue weighted by Gasteiger charge is -2.07. The number of nitrogens with zero attached hydrogens (tertiary/aromatic N) is 2. The van der Waals surface area contributed by atoms with Crippen molar-refractivity contribution in [1.29, 1.82) is 5.26 Å². The van der Waals surface area contributed by atoms with Gasteiger partial charge in [0.2, 0.25) is 10.0 Å². The highest BCUT2D eigenvalue weighted by Crippen LogP contribution is 2.35. The van der Waals surface area contributed by atoms with E-state index in [-0.39, 0.29) is 31.5 Å². The fourth-order valence-electron chi connectivity index (χ4n) is 2.06. The van der Waals surface area contributed by atoms with Crippen molar-refractivity contribution in [3.05, 3.63) is 44.9 Å². The number of halogens is 3. The fraction of sp³-hybridized carbons (Fsp3) is 0.143. The summed E-state index contributed by atoms with van der Waals surface area (Å²) >= 11 is 9.20. The lowest BCUT2D eigenvalue weighted by atomic mass is 10.2. The Kier molecular flexibility index (Phi) is 5.53. The first kappa shape index (κ1) is 19.4. The van der Waals surface area contributed by atoms with Crippen molar-refractivity contribution in [2.45, 2.75) is 4.90 Å². The molecule has 0 saturated heterocycles. The molecule has 0 spiro atoms. The largest absolute Gasteiger partial charge is 0.332 e. The van der Waals surface area contributed by atoms with Gasteiger partial charge in [-0.1, -0.05) is 11.6 Å². The quantitative estimate of drug-likeness (QED) is 0.748. The summed E-state index contributed by atoms with van der Waals surface area (Å²) < 4.78 is 40.9. The molecule has 1 aromatic carbocycles. The smallest absolute Gasteiger partial charge is 0.273 e. The number of sulfonamides is 1. The first-order valence-electron chi connectivity index (χ1n) is 6.62. The van der Waals surface area contributed by atoms with Gasteiger partial charge in [0.15, 0.2) is 0 Å². The zero-order valence-corrected chi connectivity index (χ0v) is 16.1. The Balaban J connectivity index is 2.48. The lowest BCUT2D eigenvalue weighted by Crippen LogP contribution is -2.19. The molecule has 0 saturated carbocycles. The number of amides is 1. The van der Waals surface area contributed by atoms with Crippen LogP contribution in [0.5, 0.6) is 0 Å². The van der Waals surface area contributed by atoms with Crippen LogP contribution in [0.25, 0.3) is 0 Å². The first-order valence-corrected chi connectivity index (χ1v) is 9.27. The van der Waals surface area contributed by atoms with E-state index in [9.17, 15) is 17.6 Å². The number of nitriles is 1. The first-order chi connectivity index (χ1) is 11.6. The average Bonchev–Trinajstić information content (AvgIpc) is 2.79. The van der Waals surface area contributed by atoms with Crippen molar-refractivity contribution in [2.24, 2.45) is 7.05 Å². The Morgan fingerprint density at radius 1 is 1.44 bits per heavy atom. The van der Waals surface area contributed by atoms with Crippen LogP contribution in [0.2, 0.25) is 5.02 Å². The Hall–Kier alpha value is -1.93. The van der Waals surface area contributed by atoms with Crippen molar-refractivity contribution in [3.63, 3.8) is 0 Å². The van der Waals surface area contributed by atoms with Crippen molar-refractivity contribution in [3.8, 4) is 6.07 Å². The van der Waals surface area contributed by atoms with Crippen molar-refractivity contribution in [1.82, 2.24) is 9.29 Å². The number of carbonyl (C=O) groups is 1. The molecule has 0 fully saturated rings. The molecular weight excluding hydrogens is 439 g/mol. The zero-order chi connectivity index (χ0) is 18.9. The minimum Gasteiger partial charge on any atom is -0.332 e. The van der Waals surface area contributed by atoms with Crippen molar-refractivity contribution < 1.29 is 17.6 Å². The van der Waals surface area contributed by atoms with E-state index in [1.807, 2.05) is 0 Å². The van der Waals surface area contributed by atoms with E-state index < -0.39 is 21.7 Å². The van der Waals surface area contributed by atoms with Gasteiger partial charge in [0, 0.05) is 12.7 Å².